The number of nitrogens with one attached hydrogen (secondary N) is 1. The van der Waals surface area contributed by atoms with Crippen molar-refractivity contribution in [3.8, 4) is 6.07 Å². The first-order chi connectivity index (χ1) is 14.0. The van der Waals surface area contributed by atoms with Gasteiger partial charge in [0.2, 0.25) is 0 Å². The molecule has 1 aromatic heterocycles. The highest BCUT2D eigenvalue weighted by Gasteiger charge is 2.55. The Balaban J connectivity index is 1.69. The number of furan rings is 1. The molecule has 2 aromatic rings. The minimum Gasteiger partial charge on any atom is -0.456 e. The zero-order valence-electron chi connectivity index (χ0n) is 16.0. The lowest BCUT2D eigenvalue weighted by atomic mass is 9.91. The number of ether oxygens (including phenoxy) is 1. The van der Waals surface area contributed by atoms with E-state index in [1.165, 1.54) is 6.07 Å². The Hall–Kier alpha value is -2.62. The van der Waals surface area contributed by atoms with E-state index >= 15 is 0 Å². The van der Waals surface area contributed by atoms with E-state index in [2.05, 4.69) is 11.4 Å². The van der Waals surface area contributed by atoms with Crippen molar-refractivity contribution in [2.45, 2.75) is 31.7 Å². The second-order valence-corrected chi connectivity index (χ2v) is 7.94. The molecule has 1 saturated heterocycles. The maximum Gasteiger partial charge on any atom is 0.255 e. The molecule has 2 fully saturated rings. The lowest BCUT2D eigenvalue weighted by Gasteiger charge is -2.15. The normalized spacial score (nSPS) is 23.1. The fraction of sp³-hybridized carbons (Fsp3) is 0.409. The van der Waals surface area contributed by atoms with E-state index in [9.17, 15) is 14.9 Å². The number of benzene rings is 1. The Bertz CT molecular complexity index is 983. The Kier molecular flexibility index (Phi) is 5.44. The molecule has 1 aromatic carbocycles. The van der Waals surface area contributed by atoms with Crippen LogP contribution in [0.2, 0.25) is 5.02 Å². The molecule has 2 heterocycles. The molecule has 2 aliphatic rings. The molecule has 150 valence electrons. The van der Waals surface area contributed by atoms with E-state index in [4.69, 9.17) is 20.8 Å². The van der Waals surface area contributed by atoms with Gasteiger partial charge in [-0.15, -0.1) is 0 Å². The summed E-state index contributed by atoms with van der Waals surface area (Å²) < 4.78 is 11.2. The zero-order valence-corrected chi connectivity index (χ0v) is 16.7. The molecule has 0 bridgehead atoms. The Morgan fingerprint density at radius 1 is 1.31 bits per heavy atom. The van der Waals surface area contributed by atoms with E-state index in [0.29, 0.717) is 41.4 Å². The zero-order chi connectivity index (χ0) is 20.5. The van der Waals surface area contributed by atoms with Gasteiger partial charge in [0, 0.05) is 41.8 Å². The van der Waals surface area contributed by atoms with Gasteiger partial charge >= 0.3 is 0 Å². The van der Waals surface area contributed by atoms with Crippen LogP contribution in [0.25, 0.3) is 0 Å². The number of halogens is 1. The monoisotopic (exact) mass is 412 g/mol. The highest BCUT2D eigenvalue weighted by atomic mass is 35.5. The van der Waals surface area contributed by atoms with Crippen molar-refractivity contribution in [3.63, 3.8) is 0 Å². The molecule has 1 aliphatic carbocycles. The summed E-state index contributed by atoms with van der Waals surface area (Å²) >= 11 is 6.13. The molecule has 1 N–H and O–H groups in total. The third-order valence-corrected chi connectivity index (χ3v) is 5.95. The van der Waals surface area contributed by atoms with Gasteiger partial charge in [-0.1, -0.05) is 30.7 Å². The van der Waals surface area contributed by atoms with Gasteiger partial charge in [0.15, 0.2) is 11.5 Å². The van der Waals surface area contributed by atoms with Crippen molar-refractivity contribution < 1.29 is 18.7 Å². The van der Waals surface area contributed by atoms with Crippen LogP contribution in [0.3, 0.4) is 0 Å². The first kappa shape index (κ1) is 19.7. The molecule has 4 atom stereocenters. The Labute approximate surface area is 173 Å². The molecular formula is C22H21ClN2O4. The average Bonchev–Trinajstić information content (AvgIpc) is 3.10. The number of hydrogen-bond acceptors (Lipinski definition) is 5. The van der Waals surface area contributed by atoms with Crippen molar-refractivity contribution in [2.75, 3.05) is 13.2 Å². The van der Waals surface area contributed by atoms with Crippen LogP contribution >= 0.6 is 11.6 Å². The number of carbonyl (C=O) groups excluding carboxylic acids is 2. The molecule has 0 radical (unpaired) electrons. The molecule has 1 amide bonds. The first-order valence-electron chi connectivity index (χ1n) is 9.71. The summed E-state index contributed by atoms with van der Waals surface area (Å²) in [6, 6.07) is 10.8. The highest BCUT2D eigenvalue weighted by molar-refractivity contribution is 6.30. The van der Waals surface area contributed by atoms with Crippen molar-refractivity contribution in [1.29, 1.82) is 5.26 Å². The summed E-state index contributed by atoms with van der Waals surface area (Å²) in [6.45, 7) is 3.05. The molecule has 7 heteroatoms. The molecular weight excluding hydrogens is 392 g/mol. The van der Waals surface area contributed by atoms with E-state index in [1.807, 2.05) is 6.07 Å². The summed E-state index contributed by atoms with van der Waals surface area (Å²) in [5.41, 5.74) is 1.06. The molecule has 1 aliphatic heterocycles. The lowest BCUT2D eigenvalue weighted by Crippen LogP contribution is -2.30. The number of ketones is 1. The van der Waals surface area contributed by atoms with Crippen LogP contribution in [0, 0.1) is 23.2 Å². The Morgan fingerprint density at radius 2 is 2.07 bits per heavy atom. The topological polar surface area (TPSA) is 92.3 Å². The molecule has 1 saturated carbocycles. The van der Waals surface area contributed by atoms with Gasteiger partial charge in [0.25, 0.3) is 5.91 Å². The molecule has 1 unspecified atom stereocenters. The van der Waals surface area contributed by atoms with Gasteiger partial charge in [0.05, 0.1) is 30.8 Å². The summed E-state index contributed by atoms with van der Waals surface area (Å²) in [6.07, 6.45) is 0.356. The number of nitrogens with zero attached hydrogens (tertiary/aromatic N) is 1. The van der Waals surface area contributed by atoms with Crippen LogP contribution in [0.4, 0.5) is 0 Å². The van der Waals surface area contributed by atoms with Gasteiger partial charge in [-0.3, -0.25) is 9.59 Å². The van der Waals surface area contributed by atoms with Crippen LogP contribution in [-0.4, -0.2) is 30.9 Å². The maximum absolute atomic E-state index is 13.0. The number of fused-ring (bicyclic) bond motifs is 1. The third-order valence-electron chi connectivity index (χ3n) is 5.71. The van der Waals surface area contributed by atoms with Crippen molar-refractivity contribution in [2.24, 2.45) is 11.8 Å². The summed E-state index contributed by atoms with van der Waals surface area (Å²) in [5.74, 6) is 0.192. The van der Waals surface area contributed by atoms with E-state index in [0.717, 1.165) is 5.56 Å². The van der Waals surface area contributed by atoms with E-state index in [-0.39, 0.29) is 36.3 Å². The number of Topliss-reactive ketones (excluding diaryl/α,β-unsaturated/α-hetero) is 1. The predicted octanol–water partition coefficient (Wildman–Crippen LogP) is 3.95. The maximum atomic E-state index is 13.0. The van der Waals surface area contributed by atoms with Gasteiger partial charge in [-0.2, -0.15) is 5.26 Å². The van der Waals surface area contributed by atoms with Gasteiger partial charge in [-0.05, 0) is 17.7 Å². The lowest BCUT2D eigenvalue weighted by molar-refractivity contribution is 0.0923. The number of hydrogen-bond donors (Lipinski definition) is 1. The van der Waals surface area contributed by atoms with Gasteiger partial charge in [0.1, 0.15) is 5.76 Å². The number of rotatable bonds is 7. The van der Waals surface area contributed by atoms with E-state index in [1.54, 1.807) is 25.1 Å². The summed E-state index contributed by atoms with van der Waals surface area (Å²) in [5, 5.41) is 12.9. The molecule has 0 spiro atoms. The number of nitriles is 1. The van der Waals surface area contributed by atoms with Crippen LogP contribution in [0.1, 0.15) is 57.9 Å². The fourth-order valence-corrected chi connectivity index (χ4v) is 4.21. The first-order valence-corrected chi connectivity index (χ1v) is 10.1. The number of amides is 1. The predicted molar refractivity (Wildman–Crippen MR) is 106 cm³/mol. The quantitative estimate of drug-likeness (QED) is 0.695. The van der Waals surface area contributed by atoms with E-state index < -0.39 is 5.92 Å². The summed E-state index contributed by atoms with van der Waals surface area (Å²) in [7, 11) is 0. The highest BCUT2D eigenvalue weighted by Crippen LogP contribution is 2.44. The summed E-state index contributed by atoms with van der Waals surface area (Å²) in [4.78, 5) is 25.3. The van der Waals surface area contributed by atoms with Crippen molar-refractivity contribution in [3.05, 3.63) is 58.0 Å². The van der Waals surface area contributed by atoms with Gasteiger partial charge in [-0.25, -0.2) is 0 Å². The van der Waals surface area contributed by atoms with Gasteiger partial charge < -0.3 is 14.5 Å². The second kappa shape index (κ2) is 8.02. The third kappa shape index (κ3) is 3.81. The van der Waals surface area contributed by atoms with Crippen molar-refractivity contribution >= 4 is 23.3 Å². The standard InChI is InChI=1S/C22H21ClN2O4/c1-2-18(26)19-9-15(22(27)25-20-16-10-28-11-17(16)20)21(29-19)14(6-7-24)12-4-3-5-13(23)8-12/h3-5,8-9,14,16-17,20H,2,6,10-11H2,1H3,(H,25,27)/t14-,16-,17+,20?/m1/s1. The largest absolute Gasteiger partial charge is 0.456 e. The van der Waals surface area contributed by atoms with Crippen LogP contribution in [0.5, 0.6) is 0 Å². The second-order valence-electron chi connectivity index (χ2n) is 7.50. The van der Waals surface area contributed by atoms with Crippen molar-refractivity contribution in [1.82, 2.24) is 5.32 Å². The molecule has 4 rings (SSSR count). The van der Waals surface area contributed by atoms with Crippen LogP contribution in [0.15, 0.2) is 34.7 Å². The minimum absolute atomic E-state index is 0.0879. The fourth-order valence-electron chi connectivity index (χ4n) is 4.01. The smallest absolute Gasteiger partial charge is 0.255 e. The average molecular weight is 413 g/mol. The van der Waals surface area contributed by atoms with Crippen LogP contribution in [-0.2, 0) is 4.74 Å². The van der Waals surface area contributed by atoms with Crippen LogP contribution < -0.4 is 5.32 Å². The SMILES string of the molecule is CCC(=O)c1cc(C(=O)NC2[C@H]3COC[C@@H]23)c([C@H](CC#N)c2cccc(Cl)c2)o1. The molecule has 6 nitrogen and oxygen atoms in total. The molecule has 29 heavy (non-hydrogen) atoms. The Morgan fingerprint density at radius 3 is 2.72 bits per heavy atom. The number of carbonyl (C=O) groups is 2. The minimum atomic E-state index is -0.500.